The Kier molecular flexibility index (Phi) is 6.85. The molecule has 1 N–H and O–H groups in total. The van der Waals surface area contributed by atoms with Crippen LogP contribution in [-0.4, -0.2) is 38.6 Å². The number of hydrogen-bond acceptors (Lipinski definition) is 4. The Morgan fingerprint density at radius 3 is 2.27 bits per heavy atom. The minimum absolute atomic E-state index is 0.264. The molecule has 120 valence electrons. The molecule has 1 aromatic rings. The summed E-state index contributed by atoms with van der Waals surface area (Å²) < 4.78 is 23.6. The van der Waals surface area contributed by atoms with Gasteiger partial charge >= 0.3 is 0 Å². The summed E-state index contributed by atoms with van der Waals surface area (Å²) in [7, 11) is -3.62. The highest BCUT2D eigenvalue weighted by atomic mass is 32.2. The third kappa shape index (κ3) is 5.73. The summed E-state index contributed by atoms with van der Waals surface area (Å²) in [6, 6.07) is 8.74. The number of nitrogens with one attached hydrogen (secondary N) is 1. The van der Waals surface area contributed by atoms with Gasteiger partial charge in [0.25, 0.3) is 5.91 Å². The van der Waals surface area contributed by atoms with E-state index in [0.29, 0.717) is 5.69 Å². The lowest BCUT2D eigenvalue weighted by Crippen LogP contribution is -2.20. The van der Waals surface area contributed by atoms with Gasteiger partial charge in [0.2, 0.25) is 0 Å². The van der Waals surface area contributed by atoms with Gasteiger partial charge in [-0.3, -0.25) is 4.79 Å². The molecule has 0 saturated heterocycles. The van der Waals surface area contributed by atoms with Crippen molar-refractivity contribution in [3.8, 4) is 0 Å². The SMILES string of the molecule is CCN(C=CC=C(C(=O)Nc1ccccc1)S(C)(=O)=O)CC. The van der Waals surface area contributed by atoms with Crippen molar-refractivity contribution < 1.29 is 13.2 Å². The zero-order chi connectivity index (χ0) is 16.6. The quantitative estimate of drug-likeness (QED) is 0.618. The van der Waals surface area contributed by atoms with Gasteiger partial charge in [-0.2, -0.15) is 0 Å². The molecular formula is C16H22N2O3S. The molecule has 0 radical (unpaired) electrons. The average Bonchev–Trinajstić information content (AvgIpc) is 2.47. The number of allylic oxidation sites excluding steroid dienone is 2. The smallest absolute Gasteiger partial charge is 0.267 e. The maximum absolute atomic E-state index is 12.2. The molecule has 1 rings (SSSR count). The minimum Gasteiger partial charge on any atom is -0.378 e. The lowest BCUT2D eigenvalue weighted by Gasteiger charge is -2.14. The van der Waals surface area contributed by atoms with Crippen LogP contribution in [0.2, 0.25) is 0 Å². The number of rotatable bonds is 7. The van der Waals surface area contributed by atoms with Crippen molar-refractivity contribution in [2.75, 3.05) is 24.7 Å². The summed E-state index contributed by atoms with van der Waals surface area (Å²) in [5, 5.41) is 2.58. The van der Waals surface area contributed by atoms with Gasteiger partial charge < -0.3 is 10.2 Å². The number of hydrogen-bond donors (Lipinski definition) is 1. The van der Waals surface area contributed by atoms with Crippen molar-refractivity contribution in [1.29, 1.82) is 0 Å². The Labute approximate surface area is 132 Å². The van der Waals surface area contributed by atoms with Crippen molar-refractivity contribution in [2.45, 2.75) is 13.8 Å². The maximum atomic E-state index is 12.2. The molecule has 1 amide bonds. The number of anilines is 1. The van der Waals surface area contributed by atoms with E-state index in [-0.39, 0.29) is 4.91 Å². The lowest BCUT2D eigenvalue weighted by molar-refractivity contribution is -0.112. The Morgan fingerprint density at radius 2 is 1.77 bits per heavy atom. The predicted molar refractivity (Wildman–Crippen MR) is 90.1 cm³/mol. The van der Waals surface area contributed by atoms with E-state index in [1.54, 1.807) is 36.5 Å². The van der Waals surface area contributed by atoms with Crippen LogP contribution in [0.1, 0.15) is 13.8 Å². The van der Waals surface area contributed by atoms with Crippen LogP contribution >= 0.6 is 0 Å². The van der Waals surface area contributed by atoms with Crippen molar-refractivity contribution >= 4 is 21.4 Å². The highest BCUT2D eigenvalue weighted by Gasteiger charge is 2.19. The third-order valence-electron chi connectivity index (χ3n) is 3.01. The van der Waals surface area contributed by atoms with Crippen LogP contribution in [0.3, 0.4) is 0 Å². The molecule has 0 aliphatic carbocycles. The summed E-state index contributed by atoms with van der Waals surface area (Å²) in [6.45, 7) is 5.62. The maximum Gasteiger partial charge on any atom is 0.267 e. The van der Waals surface area contributed by atoms with Gasteiger partial charge in [-0.1, -0.05) is 18.2 Å². The van der Waals surface area contributed by atoms with E-state index < -0.39 is 15.7 Å². The van der Waals surface area contributed by atoms with Crippen LogP contribution in [0.15, 0.2) is 53.6 Å². The molecule has 1 aromatic carbocycles. The zero-order valence-corrected chi connectivity index (χ0v) is 13.9. The number of benzene rings is 1. The fourth-order valence-corrected chi connectivity index (χ4v) is 2.48. The first-order valence-electron chi connectivity index (χ1n) is 7.07. The molecule has 0 unspecified atom stereocenters. The Balaban J connectivity index is 2.96. The molecule has 0 atom stereocenters. The van der Waals surface area contributed by atoms with Crippen molar-refractivity contribution in [3.05, 3.63) is 53.6 Å². The molecule has 0 spiro atoms. The molecule has 0 aliphatic rings. The van der Waals surface area contributed by atoms with Gasteiger partial charge in [0.05, 0.1) is 0 Å². The fourth-order valence-electron chi connectivity index (χ4n) is 1.77. The van der Waals surface area contributed by atoms with Gasteiger partial charge in [-0.25, -0.2) is 8.42 Å². The monoisotopic (exact) mass is 322 g/mol. The van der Waals surface area contributed by atoms with Crippen LogP contribution in [0.4, 0.5) is 5.69 Å². The molecule has 0 aromatic heterocycles. The number of para-hydroxylation sites is 1. The van der Waals surface area contributed by atoms with Crippen molar-refractivity contribution in [1.82, 2.24) is 4.90 Å². The molecular weight excluding hydrogens is 300 g/mol. The van der Waals surface area contributed by atoms with Gasteiger partial charge in [-0.05, 0) is 44.3 Å². The number of sulfone groups is 1. The number of carbonyl (C=O) groups excluding carboxylic acids is 1. The second kappa shape index (κ2) is 8.38. The van der Waals surface area contributed by atoms with E-state index in [0.717, 1.165) is 19.3 Å². The molecule has 0 heterocycles. The molecule has 0 bridgehead atoms. The van der Waals surface area contributed by atoms with E-state index in [1.165, 1.54) is 6.08 Å². The summed E-state index contributed by atoms with van der Waals surface area (Å²) in [4.78, 5) is 13.9. The Morgan fingerprint density at radius 1 is 1.18 bits per heavy atom. The van der Waals surface area contributed by atoms with Crippen LogP contribution < -0.4 is 5.32 Å². The highest BCUT2D eigenvalue weighted by molar-refractivity contribution is 7.95. The van der Waals surface area contributed by atoms with E-state index in [4.69, 9.17) is 0 Å². The number of amides is 1. The van der Waals surface area contributed by atoms with E-state index >= 15 is 0 Å². The second-order valence-corrected chi connectivity index (χ2v) is 6.67. The van der Waals surface area contributed by atoms with Crippen LogP contribution in [0.5, 0.6) is 0 Å². The summed E-state index contributed by atoms with van der Waals surface area (Å²) in [5.74, 6) is -0.641. The highest BCUT2D eigenvalue weighted by Crippen LogP contribution is 2.11. The van der Waals surface area contributed by atoms with Gasteiger partial charge in [0, 0.05) is 25.0 Å². The van der Waals surface area contributed by atoms with Crippen molar-refractivity contribution in [3.63, 3.8) is 0 Å². The molecule has 5 nitrogen and oxygen atoms in total. The van der Waals surface area contributed by atoms with E-state index in [1.807, 2.05) is 24.8 Å². The zero-order valence-electron chi connectivity index (χ0n) is 13.1. The van der Waals surface area contributed by atoms with Crippen molar-refractivity contribution in [2.24, 2.45) is 0 Å². The lowest BCUT2D eigenvalue weighted by atomic mass is 10.3. The summed E-state index contributed by atoms with van der Waals surface area (Å²) in [6.07, 6.45) is 5.69. The molecule has 6 heteroatoms. The van der Waals surface area contributed by atoms with Crippen LogP contribution in [-0.2, 0) is 14.6 Å². The molecule has 0 fully saturated rings. The largest absolute Gasteiger partial charge is 0.378 e. The van der Waals surface area contributed by atoms with Gasteiger partial charge in [0.1, 0.15) is 4.91 Å². The number of carbonyl (C=O) groups is 1. The van der Waals surface area contributed by atoms with Crippen LogP contribution in [0, 0.1) is 0 Å². The first-order valence-corrected chi connectivity index (χ1v) is 8.96. The summed E-state index contributed by atoms with van der Waals surface area (Å²) in [5.41, 5.74) is 0.551. The van der Waals surface area contributed by atoms with Crippen LogP contribution in [0.25, 0.3) is 0 Å². The predicted octanol–water partition coefficient (Wildman–Crippen LogP) is 2.41. The van der Waals surface area contributed by atoms with E-state index in [9.17, 15) is 13.2 Å². The summed E-state index contributed by atoms with van der Waals surface area (Å²) >= 11 is 0. The molecule has 0 aliphatic heterocycles. The number of nitrogens with zero attached hydrogens (tertiary/aromatic N) is 1. The first kappa shape index (κ1) is 18.0. The molecule has 0 saturated carbocycles. The topological polar surface area (TPSA) is 66.5 Å². The molecule has 22 heavy (non-hydrogen) atoms. The minimum atomic E-state index is -3.62. The Hall–Kier alpha value is -2.08. The second-order valence-electron chi connectivity index (χ2n) is 4.69. The third-order valence-corrected chi connectivity index (χ3v) is 4.13. The normalized spacial score (nSPS) is 12.4. The van der Waals surface area contributed by atoms with Gasteiger partial charge in [0.15, 0.2) is 9.84 Å². The van der Waals surface area contributed by atoms with E-state index in [2.05, 4.69) is 5.32 Å². The fraction of sp³-hybridized carbons (Fsp3) is 0.312. The average molecular weight is 322 g/mol. The standard InChI is InChI=1S/C16H22N2O3S/c1-4-18(5-2)13-9-12-15(22(3,20)21)16(19)17-14-10-7-6-8-11-14/h6-13H,4-5H2,1-3H3,(H,17,19). The Bertz CT molecular complexity index is 645. The van der Waals surface area contributed by atoms with Gasteiger partial charge in [-0.15, -0.1) is 0 Å². The first-order chi connectivity index (χ1) is 10.4.